The van der Waals surface area contributed by atoms with Crippen molar-refractivity contribution in [3.63, 3.8) is 0 Å². The molecule has 0 aliphatic carbocycles. The van der Waals surface area contributed by atoms with Gasteiger partial charge in [-0.1, -0.05) is 12.1 Å². The number of hydrogen-bond acceptors (Lipinski definition) is 7. The Morgan fingerprint density at radius 3 is 2.50 bits per heavy atom. The summed E-state index contributed by atoms with van der Waals surface area (Å²) in [5.74, 6) is 0.156. The number of H-pyrrole nitrogens is 1. The van der Waals surface area contributed by atoms with E-state index in [1.807, 2.05) is 0 Å². The van der Waals surface area contributed by atoms with Gasteiger partial charge < -0.3 is 15.4 Å². The predicted octanol–water partition coefficient (Wildman–Crippen LogP) is 3.75. The van der Waals surface area contributed by atoms with Gasteiger partial charge >= 0.3 is 6.18 Å². The average Bonchev–Trinajstić information content (AvgIpc) is 3.32. The van der Waals surface area contributed by atoms with E-state index in [4.69, 9.17) is 0 Å². The van der Waals surface area contributed by atoms with Crippen LogP contribution in [0.4, 0.5) is 19.0 Å². The minimum Gasteiger partial charge on any atom is -0.390 e. The predicted molar refractivity (Wildman–Crippen MR) is 132 cm³/mol. The summed E-state index contributed by atoms with van der Waals surface area (Å²) >= 11 is 0. The summed E-state index contributed by atoms with van der Waals surface area (Å²) in [6.45, 7) is -0.0855. The van der Waals surface area contributed by atoms with E-state index in [1.165, 1.54) is 22.5 Å². The van der Waals surface area contributed by atoms with Gasteiger partial charge in [0.15, 0.2) is 0 Å². The summed E-state index contributed by atoms with van der Waals surface area (Å²) in [6.07, 6.45) is -1.47. The molecular formula is C25H21F3N6O3S. The van der Waals surface area contributed by atoms with Crippen molar-refractivity contribution in [3.8, 4) is 17.2 Å². The lowest BCUT2D eigenvalue weighted by Gasteiger charge is -2.35. The van der Waals surface area contributed by atoms with Gasteiger partial charge in [-0.05, 0) is 42.3 Å². The second-order valence-corrected chi connectivity index (χ2v) is 10.8. The Morgan fingerprint density at radius 1 is 1.11 bits per heavy atom. The van der Waals surface area contributed by atoms with E-state index < -0.39 is 33.9 Å². The number of benzene rings is 1. The molecular weight excluding hydrogens is 521 g/mol. The van der Waals surface area contributed by atoms with Crippen LogP contribution in [-0.2, 0) is 16.2 Å². The van der Waals surface area contributed by atoms with Crippen LogP contribution in [0.2, 0.25) is 0 Å². The lowest BCUT2D eigenvalue weighted by molar-refractivity contribution is -0.137. The molecule has 4 aromatic rings. The Bertz CT molecular complexity index is 1610. The van der Waals surface area contributed by atoms with Gasteiger partial charge in [-0.25, -0.2) is 18.4 Å². The zero-order valence-electron chi connectivity index (χ0n) is 19.6. The van der Waals surface area contributed by atoms with Crippen LogP contribution in [0.25, 0.3) is 22.2 Å². The number of halogens is 3. The summed E-state index contributed by atoms with van der Waals surface area (Å²) in [6, 6.07) is 11.6. The quantitative estimate of drug-likeness (QED) is 0.350. The van der Waals surface area contributed by atoms with Crippen LogP contribution in [-0.4, -0.2) is 58.0 Å². The minimum absolute atomic E-state index is 0.0534. The van der Waals surface area contributed by atoms with Crippen LogP contribution in [0.1, 0.15) is 17.5 Å². The number of nitriles is 1. The number of nitrogens with zero attached hydrogens (tertiary/aromatic N) is 4. The summed E-state index contributed by atoms with van der Waals surface area (Å²) in [4.78, 5) is 11.0. The van der Waals surface area contributed by atoms with Crippen molar-refractivity contribution in [3.05, 3.63) is 72.2 Å². The highest BCUT2D eigenvalue weighted by Gasteiger charge is 2.35. The van der Waals surface area contributed by atoms with Crippen LogP contribution in [0.5, 0.6) is 0 Å². The van der Waals surface area contributed by atoms with E-state index in [1.54, 1.807) is 30.6 Å². The lowest BCUT2D eigenvalue weighted by Crippen LogP contribution is -2.51. The fourth-order valence-electron chi connectivity index (χ4n) is 4.35. The topological polar surface area (TPSA) is 135 Å². The number of piperidine rings is 1. The smallest absolute Gasteiger partial charge is 0.390 e. The van der Waals surface area contributed by atoms with Crippen molar-refractivity contribution in [2.45, 2.75) is 29.6 Å². The lowest BCUT2D eigenvalue weighted by atomic mass is 10.0. The van der Waals surface area contributed by atoms with Gasteiger partial charge in [-0.3, -0.25) is 0 Å². The molecule has 0 bridgehead atoms. The normalized spacial score (nSPS) is 18.8. The van der Waals surface area contributed by atoms with E-state index in [-0.39, 0.29) is 30.2 Å². The fourth-order valence-corrected chi connectivity index (χ4v) is 5.82. The van der Waals surface area contributed by atoms with Gasteiger partial charge in [0.1, 0.15) is 17.5 Å². The number of nitrogens with one attached hydrogen (secondary N) is 2. The Hall–Kier alpha value is -3.99. The molecule has 196 valence electrons. The van der Waals surface area contributed by atoms with E-state index in [9.17, 15) is 32.0 Å². The van der Waals surface area contributed by atoms with Crippen LogP contribution >= 0.6 is 0 Å². The average molecular weight is 543 g/mol. The van der Waals surface area contributed by atoms with Gasteiger partial charge in [0, 0.05) is 42.6 Å². The highest BCUT2D eigenvalue weighted by atomic mass is 32.2. The molecule has 1 aliphatic heterocycles. The van der Waals surface area contributed by atoms with Crippen LogP contribution in [0, 0.1) is 11.3 Å². The number of hydrogen-bond donors (Lipinski definition) is 3. The SMILES string of the molecule is N#Cc1c[nH]c2ncc(-c3ccc(S(=O)(=O)N4CC[C@@H](Nc5ccc(C(F)(F)F)cn5)[C@@H](O)C4)cc3)cc12. The van der Waals surface area contributed by atoms with E-state index in [0.717, 1.165) is 17.2 Å². The van der Waals surface area contributed by atoms with Crippen molar-refractivity contribution in [1.29, 1.82) is 5.26 Å². The van der Waals surface area contributed by atoms with Crippen molar-refractivity contribution >= 4 is 26.9 Å². The van der Waals surface area contributed by atoms with Crippen molar-refractivity contribution in [2.24, 2.45) is 0 Å². The highest BCUT2D eigenvalue weighted by Crippen LogP contribution is 2.30. The molecule has 1 fully saturated rings. The Kier molecular flexibility index (Phi) is 6.56. The number of rotatable bonds is 5. The first-order valence-corrected chi connectivity index (χ1v) is 13.0. The van der Waals surface area contributed by atoms with Crippen LogP contribution in [0.3, 0.4) is 0 Å². The molecule has 0 radical (unpaired) electrons. The Balaban J connectivity index is 1.27. The minimum atomic E-state index is -4.50. The first-order valence-electron chi connectivity index (χ1n) is 11.5. The van der Waals surface area contributed by atoms with Gasteiger partial charge in [0.25, 0.3) is 0 Å². The standard InChI is InChI=1S/C25H21F3N6O3S/c26-25(27,28)18-3-6-23(30-13-18)33-21-7-8-34(14-22(21)35)38(36,37)19-4-1-15(2-5-19)16-9-20-17(10-29)12-32-24(20)31-11-16/h1-6,9,11-13,21-22,35H,7-8,14H2,(H,30,33)(H,31,32)/t21-,22+/m1/s1. The van der Waals surface area contributed by atoms with Crippen molar-refractivity contribution in [1.82, 2.24) is 19.3 Å². The van der Waals surface area contributed by atoms with E-state index >= 15 is 0 Å². The molecule has 13 heteroatoms. The molecule has 0 saturated carbocycles. The molecule has 38 heavy (non-hydrogen) atoms. The number of aliphatic hydroxyl groups excluding tert-OH is 1. The number of sulfonamides is 1. The van der Waals surface area contributed by atoms with Gasteiger partial charge in [0.2, 0.25) is 10.0 Å². The second kappa shape index (κ2) is 9.71. The Morgan fingerprint density at radius 2 is 1.87 bits per heavy atom. The number of anilines is 1. The molecule has 1 saturated heterocycles. The Labute approximate surface area is 215 Å². The van der Waals surface area contributed by atoms with Crippen molar-refractivity contribution in [2.75, 3.05) is 18.4 Å². The number of aromatic nitrogens is 3. The number of alkyl halides is 3. The van der Waals surface area contributed by atoms with Gasteiger partial charge in [-0.2, -0.15) is 22.7 Å². The largest absolute Gasteiger partial charge is 0.417 e. The molecule has 0 unspecified atom stereocenters. The molecule has 1 aliphatic rings. The molecule has 5 rings (SSSR count). The summed E-state index contributed by atoms with van der Waals surface area (Å²) in [5.41, 5.74) is 1.59. The third-order valence-electron chi connectivity index (χ3n) is 6.45. The molecule has 9 nitrogen and oxygen atoms in total. The number of pyridine rings is 2. The van der Waals surface area contributed by atoms with Gasteiger partial charge in [-0.15, -0.1) is 0 Å². The zero-order chi connectivity index (χ0) is 27.1. The maximum absolute atomic E-state index is 13.2. The maximum Gasteiger partial charge on any atom is 0.417 e. The summed E-state index contributed by atoms with van der Waals surface area (Å²) < 4.78 is 65.8. The van der Waals surface area contributed by atoms with Crippen molar-refractivity contribution < 1.29 is 26.7 Å². The van der Waals surface area contributed by atoms with Gasteiger partial charge in [0.05, 0.1) is 28.2 Å². The molecule has 2 atom stereocenters. The molecule has 3 N–H and O–H groups in total. The molecule has 0 spiro atoms. The number of β-amino-alcohol motifs (C(OH)–C–C–N with tert-alkyl or cyclic N) is 1. The summed E-state index contributed by atoms with van der Waals surface area (Å²) in [5, 5.41) is 23.4. The number of fused-ring (bicyclic) bond motifs is 1. The monoisotopic (exact) mass is 542 g/mol. The molecule has 3 aromatic heterocycles. The first kappa shape index (κ1) is 25.7. The maximum atomic E-state index is 13.2. The summed E-state index contributed by atoms with van der Waals surface area (Å²) in [7, 11) is -3.91. The van der Waals surface area contributed by atoms with E-state index in [2.05, 4.69) is 26.3 Å². The third kappa shape index (κ3) is 4.93. The number of aromatic amines is 1. The van der Waals surface area contributed by atoms with Crippen LogP contribution in [0.15, 0.2) is 66.0 Å². The van der Waals surface area contributed by atoms with E-state index in [0.29, 0.717) is 22.8 Å². The first-order chi connectivity index (χ1) is 18.1. The number of aliphatic hydroxyl groups is 1. The molecule has 1 aromatic carbocycles. The highest BCUT2D eigenvalue weighted by molar-refractivity contribution is 7.89. The van der Waals surface area contributed by atoms with Crippen LogP contribution < -0.4 is 5.32 Å². The molecule has 0 amide bonds. The third-order valence-corrected chi connectivity index (χ3v) is 8.33. The fraction of sp³-hybridized carbons (Fsp3) is 0.240. The second-order valence-electron chi connectivity index (χ2n) is 8.86. The zero-order valence-corrected chi connectivity index (χ0v) is 20.5. The molecule has 4 heterocycles.